The topological polar surface area (TPSA) is 46.2 Å². The molecule has 0 saturated carbocycles. The molecule has 0 spiro atoms. The van der Waals surface area contributed by atoms with E-state index in [0.717, 1.165) is 5.56 Å². The molecule has 0 radical (unpaired) electrons. The van der Waals surface area contributed by atoms with E-state index in [1.165, 1.54) is 0 Å². The predicted molar refractivity (Wildman–Crippen MR) is 92.2 cm³/mol. The fourth-order valence-electron chi connectivity index (χ4n) is 1.97. The van der Waals surface area contributed by atoms with Crippen molar-refractivity contribution in [3.8, 4) is 0 Å². The lowest BCUT2D eigenvalue weighted by Crippen LogP contribution is -2.37. The first kappa shape index (κ1) is 16.7. The first-order valence-corrected chi connectivity index (χ1v) is 9.79. The lowest BCUT2D eigenvalue weighted by Gasteiger charge is -2.17. The Balaban J connectivity index is 2.16. The molecule has 1 unspecified atom stereocenters. The van der Waals surface area contributed by atoms with Crippen molar-refractivity contribution in [2.75, 3.05) is 5.33 Å². The molecule has 0 aliphatic rings. The highest BCUT2D eigenvalue weighted by Gasteiger charge is 2.21. The van der Waals surface area contributed by atoms with Crippen molar-refractivity contribution in [3.63, 3.8) is 0 Å². The summed E-state index contributed by atoms with van der Waals surface area (Å²) in [4.78, 5) is 0.254. The van der Waals surface area contributed by atoms with Gasteiger partial charge in [0, 0.05) is 15.8 Å². The number of rotatable bonds is 6. The fraction of sp³-hybridized carbons (Fsp3) is 0.200. The van der Waals surface area contributed by atoms with Crippen LogP contribution in [0.1, 0.15) is 5.56 Å². The van der Waals surface area contributed by atoms with Gasteiger partial charge in [-0.05, 0) is 40.0 Å². The second-order valence-corrected chi connectivity index (χ2v) is 7.78. The summed E-state index contributed by atoms with van der Waals surface area (Å²) in [7, 11) is -3.55. The number of alkyl halides is 1. The molecule has 3 nitrogen and oxygen atoms in total. The first-order chi connectivity index (χ1) is 10.0. The molecule has 0 fully saturated rings. The largest absolute Gasteiger partial charge is 0.241 e. The highest BCUT2D eigenvalue weighted by molar-refractivity contribution is 9.10. The number of benzene rings is 2. The summed E-state index contributed by atoms with van der Waals surface area (Å²) >= 11 is 6.66. The molecule has 1 N–H and O–H groups in total. The maximum atomic E-state index is 12.5. The van der Waals surface area contributed by atoms with Gasteiger partial charge in [-0.25, -0.2) is 13.1 Å². The normalized spacial score (nSPS) is 13.0. The molecule has 2 rings (SSSR count). The van der Waals surface area contributed by atoms with Crippen molar-refractivity contribution in [2.24, 2.45) is 0 Å². The molecule has 0 amide bonds. The van der Waals surface area contributed by atoms with E-state index >= 15 is 0 Å². The zero-order valence-corrected chi connectivity index (χ0v) is 15.2. The number of sulfonamides is 1. The van der Waals surface area contributed by atoms with E-state index in [9.17, 15) is 8.42 Å². The van der Waals surface area contributed by atoms with Crippen LogP contribution in [0.3, 0.4) is 0 Å². The van der Waals surface area contributed by atoms with E-state index < -0.39 is 10.0 Å². The third kappa shape index (κ3) is 4.64. The van der Waals surface area contributed by atoms with E-state index in [4.69, 9.17) is 0 Å². The van der Waals surface area contributed by atoms with Gasteiger partial charge in [-0.15, -0.1) is 0 Å². The van der Waals surface area contributed by atoms with E-state index in [2.05, 4.69) is 36.6 Å². The SMILES string of the molecule is O=S(=O)(NC(CBr)Cc1ccccc1)c1ccccc1Br. The molecule has 0 aliphatic carbocycles. The van der Waals surface area contributed by atoms with Crippen molar-refractivity contribution in [2.45, 2.75) is 17.4 Å². The van der Waals surface area contributed by atoms with Crippen LogP contribution in [0.5, 0.6) is 0 Å². The monoisotopic (exact) mass is 431 g/mol. The smallest absolute Gasteiger partial charge is 0.207 e. The number of nitrogens with one attached hydrogen (secondary N) is 1. The summed E-state index contributed by atoms with van der Waals surface area (Å²) in [6, 6.07) is 16.4. The minimum absolute atomic E-state index is 0.204. The molecule has 1 atom stereocenters. The fourth-order valence-corrected chi connectivity index (χ4v) is 4.82. The molecule has 112 valence electrons. The van der Waals surface area contributed by atoms with Crippen LogP contribution < -0.4 is 4.72 Å². The maximum Gasteiger partial charge on any atom is 0.241 e. The molecule has 0 aliphatic heterocycles. The summed E-state index contributed by atoms with van der Waals surface area (Å²) in [5.41, 5.74) is 1.09. The quantitative estimate of drug-likeness (QED) is 0.706. The Morgan fingerprint density at radius 1 is 1.00 bits per heavy atom. The lowest BCUT2D eigenvalue weighted by atomic mass is 10.1. The zero-order valence-electron chi connectivity index (χ0n) is 11.2. The van der Waals surface area contributed by atoms with Crippen LogP contribution in [-0.4, -0.2) is 19.8 Å². The molecule has 0 saturated heterocycles. The van der Waals surface area contributed by atoms with Gasteiger partial charge in [0.05, 0.1) is 4.90 Å². The molecular weight excluding hydrogens is 418 g/mol. The molecule has 0 heterocycles. The number of hydrogen-bond donors (Lipinski definition) is 1. The molecule has 2 aromatic carbocycles. The van der Waals surface area contributed by atoms with Crippen molar-refractivity contribution in [1.82, 2.24) is 4.72 Å². The van der Waals surface area contributed by atoms with Gasteiger partial charge in [-0.3, -0.25) is 0 Å². The molecule has 0 aromatic heterocycles. The van der Waals surface area contributed by atoms with Crippen molar-refractivity contribution in [1.29, 1.82) is 0 Å². The summed E-state index contributed by atoms with van der Waals surface area (Å²) in [5, 5.41) is 0.547. The average molecular weight is 433 g/mol. The van der Waals surface area contributed by atoms with Crippen LogP contribution in [0.2, 0.25) is 0 Å². The van der Waals surface area contributed by atoms with E-state index in [-0.39, 0.29) is 10.9 Å². The number of halogens is 2. The third-order valence-corrected chi connectivity index (χ3v) is 6.27. The Bertz CT molecular complexity index is 690. The van der Waals surface area contributed by atoms with E-state index in [1.807, 2.05) is 30.3 Å². The van der Waals surface area contributed by atoms with E-state index in [0.29, 0.717) is 16.2 Å². The summed E-state index contributed by atoms with van der Waals surface area (Å²) < 4.78 is 28.2. The summed E-state index contributed by atoms with van der Waals surface area (Å²) in [5.74, 6) is 0. The van der Waals surface area contributed by atoms with Gasteiger partial charge in [-0.2, -0.15) is 0 Å². The highest BCUT2D eigenvalue weighted by atomic mass is 79.9. The molecule has 6 heteroatoms. The van der Waals surface area contributed by atoms with Crippen LogP contribution in [-0.2, 0) is 16.4 Å². The Morgan fingerprint density at radius 2 is 1.62 bits per heavy atom. The van der Waals surface area contributed by atoms with Crippen molar-refractivity contribution in [3.05, 3.63) is 64.6 Å². The average Bonchev–Trinajstić information content (AvgIpc) is 2.47. The zero-order chi connectivity index (χ0) is 15.3. The van der Waals surface area contributed by atoms with Gasteiger partial charge in [0.15, 0.2) is 0 Å². The highest BCUT2D eigenvalue weighted by Crippen LogP contribution is 2.21. The Hall–Kier alpha value is -0.690. The van der Waals surface area contributed by atoms with Gasteiger partial charge < -0.3 is 0 Å². The van der Waals surface area contributed by atoms with Crippen LogP contribution in [0, 0.1) is 0 Å². The summed E-state index contributed by atoms with van der Waals surface area (Å²) in [6.45, 7) is 0. The molecular formula is C15H15Br2NO2S. The van der Waals surface area contributed by atoms with Gasteiger partial charge in [0.2, 0.25) is 10.0 Å². The minimum Gasteiger partial charge on any atom is -0.207 e. The van der Waals surface area contributed by atoms with Crippen LogP contribution >= 0.6 is 31.9 Å². The Kier molecular flexibility index (Phi) is 5.98. The molecule has 0 bridgehead atoms. The van der Waals surface area contributed by atoms with Crippen LogP contribution in [0.25, 0.3) is 0 Å². The van der Waals surface area contributed by atoms with Gasteiger partial charge >= 0.3 is 0 Å². The van der Waals surface area contributed by atoms with Gasteiger partial charge in [-0.1, -0.05) is 58.4 Å². The first-order valence-electron chi connectivity index (χ1n) is 6.39. The predicted octanol–water partition coefficient (Wildman–Crippen LogP) is 3.73. The lowest BCUT2D eigenvalue weighted by molar-refractivity contribution is 0.562. The minimum atomic E-state index is -3.55. The van der Waals surface area contributed by atoms with Crippen LogP contribution in [0.4, 0.5) is 0 Å². The standard InChI is InChI=1S/C15H15Br2NO2S/c16-11-13(10-12-6-2-1-3-7-12)18-21(19,20)15-9-5-4-8-14(15)17/h1-9,13,18H,10-11H2. The number of hydrogen-bond acceptors (Lipinski definition) is 2. The second kappa shape index (κ2) is 7.54. The van der Waals surface area contributed by atoms with Crippen molar-refractivity contribution < 1.29 is 8.42 Å². The third-order valence-electron chi connectivity index (χ3n) is 2.96. The van der Waals surface area contributed by atoms with E-state index in [1.54, 1.807) is 24.3 Å². The Labute approximate surface area is 142 Å². The maximum absolute atomic E-state index is 12.5. The molecule has 21 heavy (non-hydrogen) atoms. The Morgan fingerprint density at radius 3 is 2.24 bits per heavy atom. The van der Waals surface area contributed by atoms with Crippen LogP contribution in [0.15, 0.2) is 64.0 Å². The second-order valence-electron chi connectivity index (χ2n) is 4.59. The van der Waals surface area contributed by atoms with Gasteiger partial charge in [0.25, 0.3) is 0 Å². The van der Waals surface area contributed by atoms with Gasteiger partial charge in [0.1, 0.15) is 0 Å². The summed E-state index contributed by atoms with van der Waals surface area (Å²) in [6.07, 6.45) is 0.635. The molecule has 2 aromatic rings. The van der Waals surface area contributed by atoms with Crippen molar-refractivity contribution >= 4 is 41.9 Å².